The Morgan fingerprint density at radius 1 is 1.18 bits per heavy atom. The van der Waals surface area contributed by atoms with Gasteiger partial charge in [0.25, 0.3) is 0 Å². The number of aromatic amines is 1. The summed E-state index contributed by atoms with van der Waals surface area (Å²) in [6, 6.07) is 12.3. The molecule has 17 heavy (non-hydrogen) atoms. The molecule has 0 saturated carbocycles. The Balaban J connectivity index is 2.19. The van der Waals surface area contributed by atoms with E-state index in [0.29, 0.717) is 6.54 Å². The Kier molecular flexibility index (Phi) is 2.38. The van der Waals surface area contributed by atoms with Gasteiger partial charge in [0.15, 0.2) is 0 Å². The molecule has 3 N–H and O–H groups in total. The van der Waals surface area contributed by atoms with Gasteiger partial charge in [0, 0.05) is 29.9 Å². The standard InChI is InChI=1S/C14H13N3/c15-8-11-3-1-2-4-13(11)12-7-10-5-6-16-14(10)17-9-12/h1-7,9H,8,15H2,(H,16,17). The summed E-state index contributed by atoms with van der Waals surface area (Å²) < 4.78 is 0. The van der Waals surface area contributed by atoms with Gasteiger partial charge in [-0.2, -0.15) is 0 Å². The molecule has 3 nitrogen and oxygen atoms in total. The van der Waals surface area contributed by atoms with Crippen LogP contribution in [0.2, 0.25) is 0 Å². The number of rotatable bonds is 2. The van der Waals surface area contributed by atoms with Gasteiger partial charge >= 0.3 is 0 Å². The van der Waals surface area contributed by atoms with E-state index in [4.69, 9.17) is 5.73 Å². The number of benzene rings is 1. The zero-order valence-corrected chi connectivity index (χ0v) is 9.35. The second-order valence-corrected chi connectivity index (χ2v) is 4.00. The van der Waals surface area contributed by atoms with Gasteiger partial charge in [-0.05, 0) is 23.3 Å². The molecular formula is C14H13N3. The predicted octanol–water partition coefficient (Wildman–Crippen LogP) is 2.69. The molecule has 84 valence electrons. The summed E-state index contributed by atoms with van der Waals surface area (Å²) in [4.78, 5) is 7.49. The quantitative estimate of drug-likeness (QED) is 0.701. The molecular weight excluding hydrogens is 210 g/mol. The summed E-state index contributed by atoms with van der Waals surface area (Å²) in [6.07, 6.45) is 3.78. The van der Waals surface area contributed by atoms with Crippen molar-refractivity contribution in [2.24, 2.45) is 5.73 Å². The van der Waals surface area contributed by atoms with Crippen LogP contribution in [0.4, 0.5) is 0 Å². The number of hydrogen-bond donors (Lipinski definition) is 2. The zero-order valence-electron chi connectivity index (χ0n) is 9.35. The molecule has 1 aromatic carbocycles. The average molecular weight is 223 g/mol. The lowest BCUT2D eigenvalue weighted by atomic mass is 10.0. The fraction of sp³-hybridized carbons (Fsp3) is 0.0714. The smallest absolute Gasteiger partial charge is 0.137 e. The molecule has 0 unspecified atom stereocenters. The van der Waals surface area contributed by atoms with Crippen LogP contribution in [0.5, 0.6) is 0 Å². The van der Waals surface area contributed by atoms with E-state index in [1.807, 2.05) is 30.6 Å². The van der Waals surface area contributed by atoms with Crippen molar-refractivity contribution in [2.45, 2.75) is 6.54 Å². The molecule has 0 aliphatic carbocycles. The first-order valence-electron chi connectivity index (χ1n) is 5.60. The van der Waals surface area contributed by atoms with E-state index in [-0.39, 0.29) is 0 Å². The Labute approximate surface area is 99.3 Å². The van der Waals surface area contributed by atoms with Gasteiger partial charge in [-0.25, -0.2) is 4.98 Å². The highest BCUT2D eigenvalue weighted by Gasteiger charge is 2.05. The van der Waals surface area contributed by atoms with Crippen LogP contribution in [0, 0.1) is 0 Å². The number of pyridine rings is 1. The normalized spacial score (nSPS) is 10.9. The van der Waals surface area contributed by atoms with E-state index < -0.39 is 0 Å². The van der Waals surface area contributed by atoms with Crippen LogP contribution in [-0.4, -0.2) is 9.97 Å². The van der Waals surface area contributed by atoms with Crippen molar-refractivity contribution < 1.29 is 0 Å². The van der Waals surface area contributed by atoms with Crippen LogP contribution in [0.15, 0.2) is 48.8 Å². The van der Waals surface area contributed by atoms with Crippen LogP contribution in [0.3, 0.4) is 0 Å². The monoisotopic (exact) mass is 223 g/mol. The number of nitrogens with zero attached hydrogens (tertiary/aromatic N) is 1. The first kappa shape index (κ1) is 10.1. The van der Waals surface area contributed by atoms with Crippen molar-refractivity contribution in [1.82, 2.24) is 9.97 Å². The van der Waals surface area contributed by atoms with Crippen LogP contribution < -0.4 is 5.73 Å². The lowest BCUT2D eigenvalue weighted by Crippen LogP contribution is -1.98. The van der Waals surface area contributed by atoms with E-state index in [9.17, 15) is 0 Å². The highest BCUT2D eigenvalue weighted by molar-refractivity contribution is 5.82. The minimum absolute atomic E-state index is 0.543. The third-order valence-electron chi connectivity index (χ3n) is 2.95. The minimum atomic E-state index is 0.543. The maximum Gasteiger partial charge on any atom is 0.137 e. The number of hydrogen-bond acceptors (Lipinski definition) is 2. The van der Waals surface area contributed by atoms with Gasteiger partial charge in [0.05, 0.1) is 0 Å². The third kappa shape index (κ3) is 1.70. The summed E-state index contributed by atoms with van der Waals surface area (Å²) >= 11 is 0. The molecule has 3 aromatic rings. The number of aromatic nitrogens is 2. The Hall–Kier alpha value is -2.13. The van der Waals surface area contributed by atoms with Crippen LogP contribution in [-0.2, 0) is 6.54 Å². The molecule has 2 heterocycles. The lowest BCUT2D eigenvalue weighted by Gasteiger charge is -2.07. The predicted molar refractivity (Wildman–Crippen MR) is 69.4 cm³/mol. The molecule has 0 bridgehead atoms. The molecule has 0 aliphatic rings. The SMILES string of the molecule is NCc1ccccc1-c1cnc2[nH]ccc2c1. The molecule has 0 spiro atoms. The van der Waals surface area contributed by atoms with E-state index in [1.54, 1.807) is 0 Å². The number of nitrogens with one attached hydrogen (secondary N) is 1. The topological polar surface area (TPSA) is 54.7 Å². The van der Waals surface area contributed by atoms with Gasteiger partial charge in [0.1, 0.15) is 5.65 Å². The van der Waals surface area contributed by atoms with Crippen molar-refractivity contribution in [3.63, 3.8) is 0 Å². The first-order valence-corrected chi connectivity index (χ1v) is 5.60. The summed E-state index contributed by atoms with van der Waals surface area (Å²) in [5.41, 5.74) is 10.1. The molecule has 0 aliphatic heterocycles. The molecule has 0 amide bonds. The van der Waals surface area contributed by atoms with Crippen molar-refractivity contribution in [2.75, 3.05) is 0 Å². The average Bonchev–Trinajstić information content (AvgIpc) is 2.85. The van der Waals surface area contributed by atoms with Crippen molar-refractivity contribution >= 4 is 11.0 Å². The molecule has 2 aromatic heterocycles. The number of nitrogens with two attached hydrogens (primary N) is 1. The lowest BCUT2D eigenvalue weighted by molar-refractivity contribution is 1.07. The largest absolute Gasteiger partial charge is 0.346 e. The van der Waals surface area contributed by atoms with Crippen LogP contribution >= 0.6 is 0 Å². The Morgan fingerprint density at radius 2 is 2.06 bits per heavy atom. The maximum absolute atomic E-state index is 5.75. The van der Waals surface area contributed by atoms with Gasteiger partial charge in [0.2, 0.25) is 0 Å². The first-order chi connectivity index (χ1) is 8.38. The molecule has 0 fully saturated rings. The van der Waals surface area contributed by atoms with E-state index in [0.717, 1.165) is 27.7 Å². The van der Waals surface area contributed by atoms with Gasteiger partial charge < -0.3 is 10.7 Å². The molecule has 3 heteroatoms. The van der Waals surface area contributed by atoms with E-state index in [1.165, 1.54) is 0 Å². The fourth-order valence-corrected chi connectivity index (χ4v) is 2.07. The second kappa shape index (κ2) is 4.03. The highest BCUT2D eigenvalue weighted by Crippen LogP contribution is 2.25. The zero-order chi connectivity index (χ0) is 11.7. The van der Waals surface area contributed by atoms with Crippen molar-refractivity contribution in [3.8, 4) is 11.1 Å². The molecule has 0 saturated heterocycles. The Bertz CT molecular complexity index is 655. The molecule has 0 radical (unpaired) electrons. The molecule has 0 atom stereocenters. The second-order valence-electron chi connectivity index (χ2n) is 4.00. The van der Waals surface area contributed by atoms with Crippen molar-refractivity contribution in [1.29, 1.82) is 0 Å². The van der Waals surface area contributed by atoms with Gasteiger partial charge in [-0.3, -0.25) is 0 Å². The highest BCUT2D eigenvalue weighted by atomic mass is 14.8. The summed E-state index contributed by atoms with van der Waals surface area (Å²) in [7, 11) is 0. The van der Waals surface area contributed by atoms with E-state index >= 15 is 0 Å². The minimum Gasteiger partial charge on any atom is -0.346 e. The summed E-state index contributed by atoms with van der Waals surface area (Å²) in [5, 5.41) is 1.12. The molecule has 3 rings (SSSR count). The van der Waals surface area contributed by atoms with Crippen LogP contribution in [0.25, 0.3) is 22.2 Å². The van der Waals surface area contributed by atoms with Gasteiger partial charge in [-0.1, -0.05) is 24.3 Å². The van der Waals surface area contributed by atoms with Crippen LogP contribution in [0.1, 0.15) is 5.56 Å². The summed E-state index contributed by atoms with van der Waals surface area (Å²) in [6.45, 7) is 0.543. The summed E-state index contributed by atoms with van der Waals surface area (Å²) in [5.74, 6) is 0. The van der Waals surface area contributed by atoms with E-state index in [2.05, 4.69) is 28.2 Å². The number of H-pyrrole nitrogens is 1. The fourth-order valence-electron chi connectivity index (χ4n) is 2.07. The van der Waals surface area contributed by atoms with Crippen molar-refractivity contribution in [3.05, 3.63) is 54.4 Å². The van der Waals surface area contributed by atoms with Gasteiger partial charge in [-0.15, -0.1) is 0 Å². The number of fused-ring (bicyclic) bond motifs is 1. The third-order valence-corrected chi connectivity index (χ3v) is 2.95. The maximum atomic E-state index is 5.75. The Morgan fingerprint density at radius 3 is 2.94 bits per heavy atom.